The highest BCUT2D eigenvalue weighted by Crippen LogP contribution is 2.29. The average Bonchev–Trinajstić information content (AvgIpc) is 2.27. The normalized spacial score (nSPS) is 21.1. The van der Waals surface area contributed by atoms with E-state index in [1.54, 1.807) is 12.1 Å². The molecular formula is C16H25N3O2. The van der Waals surface area contributed by atoms with E-state index in [0.717, 1.165) is 25.2 Å². The van der Waals surface area contributed by atoms with Crippen LogP contribution in [0.15, 0.2) is 18.2 Å². The fraction of sp³-hybridized carbons (Fsp3) is 0.562. The Labute approximate surface area is 126 Å². The molecule has 0 spiro atoms. The quantitative estimate of drug-likeness (QED) is 0.831. The number of amides is 1. The van der Waals surface area contributed by atoms with Gasteiger partial charge >= 0.3 is 0 Å². The van der Waals surface area contributed by atoms with Crippen molar-refractivity contribution in [2.24, 2.45) is 5.73 Å². The maximum atomic E-state index is 11.2. The molecule has 1 aliphatic rings. The zero-order valence-electron chi connectivity index (χ0n) is 13.3. The summed E-state index contributed by atoms with van der Waals surface area (Å²) in [5, 5.41) is 0. The summed E-state index contributed by atoms with van der Waals surface area (Å²) >= 11 is 0. The smallest absolute Gasteiger partial charge is 0.248 e. The van der Waals surface area contributed by atoms with Crippen molar-refractivity contribution in [3.8, 4) is 0 Å². The summed E-state index contributed by atoms with van der Waals surface area (Å²) in [4.78, 5) is 13.5. The number of nitrogen functional groups attached to an aromatic ring is 1. The number of benzene rings is 1. The van der Waals surface area contributed by atoms with Crippen molar-refractivity contribution in [3.05, 3.63) is 29.3 Å². The molecule has 1 aliphatic heterocycles. The van der Waals surface area contributed by atoms with Gasteiger partial charge in [0.2, 0.25) is 5.91 Å². The fourth-order valence-electron chi connectivity index (χ4n) is 3.19. The third kappa shape index (κ3) is 3.95. The van der Waals surface area contributed by atoms with Crippen molar-refractivity contribution in [1.29, 1.82) is 0 Å². The minimum atomic E-state index is -0.457. The predicted molar refractivity (Wildman–Crippen MR) is 83.9 cm³/mol. The van der Waals surface area contributed by atoms with Crippen LogP contribution in [0.3, 0.4) is 0 Å². The number of primary amides is 1. The molecule has 4 N–H and O–H groups in total. The van der Waals surface area contributed by atoms with Crippen LogP contribution in [0.5, 0.6) is 0 Å². The maximum Gasteiger partial charge on any atom is 0.248 e. The topological polar surface area (TPSA) is 81.6 Å². The van der Waals surface area contributed by atoms with Crippen LogP contribution in [-0.2, 0) is 11.3 Å². The number of rotatable bonds is 3. The summed E-state index contributed by atoms with van der Waals surface area (Å²) < 4.78 is 6.08. The van der Waals surface area contributed by atoms with Gasteiger partial charge in [0.05, 0.1) is 11.2 Å². The number of nitrogens with zero attached hydrogens (tertiary/aromatic N) is 1. The number of carbonyl (C=O) groups excluding carboxylic acids is 1. The van der Waals surface area contributed by atoms with E-state index >= 15 is 0 Å². The molecule has 2 rings (SSSR count). The van der Waals surface area contributed by atoms with Gasteiger partial charge in [-0.25, -0.2) is 0 Å². The van der Waals surface area contributed by atoms with Gasteiger partial charge in [0.1, 0.15) is 0 Å². The number of morpholine rings is 1. The maximum absolute atomic E-state index is 11.2. The average molecular weight is 291 g/mol. The Morgan fingerprint density at radius 2 is 1.81 bits per heavy atom. The molecule has 1 aromatic rings. The lowest BCUT2D eigenvalue weighted by molar-refractivity contribution is -0.182. The van der Waals surface area contributed by atoms with E-state index in [0.29, 0.717) is 11.3 Å². The van der Waals surface area contributed by atoms with Crippen LogP contribution >= 0.6 is 0 Å². The molecule has 1 heterocycles. The van der Waals surface area contributed by atoms with Gasteiger partial charge in [-0.15, -0.1) is 0 Å². The van der Waals surface area contributed by atoms with E-state index in [2.05, 4.69) is 32.6 Å². The molecule has 1 fully saturated rings. The Morgan fingerprint density at radius 1 is 1.24 bits per heavy atom. The first-order valence-electron chi connectivity index (χ1n) is 7.19. The molecule has 0 aromatic heterocycles. The summed E-state index contributed by atoms with van der Waals surface area (Å²) in [6, 6.07) is 5.25. The van der Waals surface area contributed by atoms with Crippen molar-refractivity contribution in [2.75, 3.05) is 18.8 Å². The Kier molecular flexibility index (Phi) is 4.00. The second kappa shape index (κ2) is 5.31. The van der Waals surface area contributed by atoms with Gasteiger partial charge in [-0.3, -0.25) is 9.69 Å². The van der Waals surface area contributed by atoms with Crippen molar-refractivity contribution in [1.82, 2.24) is 4.90 Å². The lowest BCUT2D eigenvalue weighted by Gasteiger charge is -2.47. The SMILES string of the molecule is CC1(C)CN(Cc2ccc(C(N)=O)cc2N)CC(C)(C)O1. The molecule has 0 aliphatic carbocycles. The first kappa shape index (κ1) is 15.8. The number of hydrogen-bond acceptors (Lipinski definition) is 4. The molecule has 0 bridgehead atoms. The van der Waals surface area contributed by atoms with Crippen molar-refractivity contribution in [2.45, 2.75) is 45.4 Å². The number of nitrogens with two attached hydrogens (primary N) is 2. The third-order valence-electron chi connectivity index (χ3n) is 3.59. The lowest BCUT2D eigenvalue weighted by atomic mass is 9.98. The number of carbonyl (C=O) groups is 1. The fourth-order valence-corrected chi connectivity index (χ4v) is 3.19. The number of anilines is 1. The summed E-state index contributed by atoms with van der Waals surface area (Å²) in [6.45, 7) is 10.8. The van der Waals surface area contributed by atoms with E-state index in [1.165, 1.54) is 0 Å². The van der Waals surface area contributed by atoms with Crippen molar-refractivity contribution in [3.63, 3.8) is 0 Å². The zero-order valence-corrected chi connectivity index (χ0v) is 13.3. The standard InChI is InChI=1S/C16H25N3O2/c1-15(2)9-19(10-16(3,4)21-15)8-12-6-5-11(14(18)20)7-13(12)17/h5-7H,8-10,17H2,1-4H3,(H2,18,20). The second-order valence-electron chi connectivity index (χ2n) is 7.04. The first-order valence-corrected chi connectivity index (χ1v) is 7.19. The van der Waals surface area contributed by atoms with Crippen LogP contribution in [0.1, 0.15) is 43.6 Å². The van der Waals surface area contributed by atoms with E-state index in [-0.39, 0.29) is 11.2 Å². The summed E-state index contributed by atoms with van der Waals surface area (Å²) in [7, 11) is 0. The van der Waals surface area contributed by atoms with Crippen LogP contribution in [0.25, 0.3) is 0 Å². The minimum Gasteiger partial charge on any atom is -0.398 e. The highest BCUT2D eigenvalue weighted by molar-refractivity contribution is 5.93. The molecular weight excluding hydrogens is 266 g/mol. The van der Waals surface area contributed by atoms with E-state index in [9.17, 15) is 4.79 Å². The van der Waals surface area contributed by atoms with Crippen LogP contribution in [0.2, 0.25) is 0 Å². The van der Waals surface area contributed by atoms with Gasteiger partial charge in [0.25, 0.3) is 0 Å². The van der Waals surface area contributed by atoms with Gasteiger partial charge in [0, 0.05) is 30.9 Å². The zero-order chi connectivity index (χ0) is 15.8. The number of ether oxygens (including phenoxy) is 1. The molecule has 5 nitrogen and oxygen atoms in total. The highest BCUT2D eigenvalue weighted by Gasteiger charge is 2.38. The molecule has 1 amide bonds. The lowest BCUT2D eigenvalue weighted by Crippen LogP contribution is -2.56. The molecule has 0 saturated carbocycles. The van der Waals surface area contributed by atoms with Crippen LogP contribution < -0.4 is 11.5 Å². The van der Waals surface area contributed by atoms with Crippen LogP contribution in [0, 0.1) is 0 Å². The molecule has 0 radical (unpaired) electrons. The first-order chi connectivity index (χ1) is 9.58. The molecule has 5 heteroatoms. The van der Waals surface area contributed by atoms with Crippen LogP contribution in [-0.4, -0.2) is 35.1 Å². The van der Waals surface area contributed by atoms with Gasteiger partial charge in [-0.1, -0.05) is 6.07 Å². The van der Waals surface area contributed by atoms with Crippen molar-refractivity contribution >= 4 is 11.6 Å². The molecule has 0 unspecified atom stereocenters. The Balaban J connectivity index is 2.16. The predicted octanol–water partition coefficient (Wildman–Crippen LogP) is 1.76. The monoisotopic (exact) mass is 291 g/mol. The summed E-state index contributed by atoms with van der Waals surface area (Å²) in [5.74, 6) is -0.457. The molecule has 21 heavy (non-hydrogen) atoms. The Morgan fingerprint density at radius 3 is 2.29 bits per heavy atom. The minimum absolute atomic E-state index is 0.191. The summed E-state index contributed by atoms with van der Waals surface area (Å²) in [5.41, 5.74) is 13.0. The van der Waals surface area contributed by atoms with Gasteiger partial charge in [0.15, 0.2) is 0 Å². The third-order valence-corrected chi connectivity index (χ3v) is 3.59. The largest absolute Gasteiger partial charge is 0.398 e. The molecule has 1 saturated heterocycles. The van der Waals surface area contributed by atoms with Crippen LogP contribution in [0.4, 0.5) is 5.69 Å². The Hall–Kier alpha value is -1.59. The summed E-state index contributed by atoms with van der Waals surface area (Å²) in [6.07, 6.45) is 0. The van der Waals surface area contributed by atoms with Crippen molar-refractivity contribution < 1.29 is 9.53 Å². The van der Waals surface area contributed by atoms with Gasteiger partial charge in [-0.2, -0.15) is 0 Å². The molecule has 116 valence electrons. The number of hydrogen-bond donors (Lipinski definition) is 2. The molecule has 1 aromatic carbocycles. The van der Waals surface area contributed by atoms with Gasteiger partial charge < -0.3 is 16.2 Å². The van der Waals surface area contributed by atoms with E-state index in [4.69, 9.17) is 16.2 Å². The highest BCUT2D eigenvalue weighted by atomic mass is 16.5. The molecule has 0 atom stereocenters. The Bertz CT molecular complexity index is 536. The van der Waals surface area contributed by atoms with Gasteiger partial charge in [-0.05, 0) is 45.4 Å². The van der Waals surface area contributed by atoms with E-state index in [1.807, 2.05) is 6.07 Å². The van der Waals surface area contributed by atoms with E-state index < -0.39 is 5.91 Å². The second-order valence-corrected chi connectivity index (χ2v) is 7.04.